The zero-order valence-corrected chi connectivity index (χ0v) is 11.7. The molecule has 0 bridgehead atoms. The Morgan fingerprint density at radius 1 is 1.37 bits per heavy atom. The first kappa shape index (κ1) is 12.6. The summed E-state index contributed by atoms with van der Waals surface area (Å²) in [5, 5.41) is 4.39. The third-order valence-electron chi connectivity index (χ3n) is 3.32. The van der Waals surface area contributed by atoms with Gasteiger partial charge in [0.25, 0.3) is 0 Å². The second-order valence-corrected chi connectivity index (χ2v) is 5.51. The van der Waals surface area contributed by atoms with Crippen LogP contribution in [0.3, 0.4) is 0 Å². The predicted octanol–water partition coefficient (Wildman–Crippen LogP) is 2.70. The summed E-state index contributed by atoms with van der Waals surface area (Å²) in [6.45, 7) is 0.673. The second kappa shape index (κ2) is 5.67. The molecule has 2 unspecified atom stereocenters. The summed E-state index contributed by atoms with van der Waals surface area (Å²) in [5.41, 5.74) is 1.41. The van der Waals surface area contributed by atoms with E-state index >= 15 is 0 Å². The summed E-state index contributed by atoms with van der Waals surface area (Å²) in [5.74, 6) is 1.48. The third-order valence-corrected chi connectivity index (χ3v) is 4.01. The molecule has 1 N–H and O–H groups in total. The molecule has 2 aromatic rings. The van der Waals surface area contributed by atoms with Crippen LogP contribution < -0.4 is 5.32 Å². The van der Waals surface area contributed by atoms with E-state index in [0.717, 1.165) is 17.4 Å². The van der Waals surface area contributed by atoms with Crippen LogP contribution in [-0.4, -0.2) is 29.1 Å². The van der Waals surface area contributed by atoms with E-state index < -0.39 is 0 Å². The standard InChI is InChI=1S/C14H17N3OS/c1-18-8-7-13-16-14(19-17-13)15-12-9-11(12)10-5-3-2-4-6-10/h2-6,11-12H,7-9H2,1H3,(H,15,16,17). The van der Waals surface area contributed by atoms with Crippen LogP contribution in [0.25, 0.3) is 0 Å². The van der Waals surface area contributed by atoms with Gasteiger partial charge in [-0.25, -0.2) is 4.98 Å². The lowest BCUT2D eigenvalue weighted by molar-refractivity contribution is 0.201. The molecule has 19 heavy (non-hydrogen) atoms. The zero-order valence-electron chi connectivity index (χ0n) is 10.9. The Kier molecular flexibility index (Phi) is 3.75. The minimum Gasteiger partial charge on any atom is -0.384 e. The van der Waals surface area contributed by atoms with Crippen molar-refractivity contribution in [2.75, 3.05) is 19.0 Å². The van der Waals surface area contributed by atoms with E-state index in [0.29, 0.717) is 18.6 Å². The van der Waals surface area contributed by atoms with Crippen molar-refractivity contribution >= 4 is 16.7 Å². The normalized spacial score (nSPS) is 21.3. The molecule has 1 fully saturated rings. The smallest absolute Gasteiger partial charge is 0.202 e. The van der Waals surface area contributed by atoms with E-state index in [1.165, 1.54) is 23.5 Å². The Hall–Kier alpha value is -1.46. The Balaban J connectivity index is 1.54. The van der Waals surface area contributed by atoms with Gasteiger partial charge >= 0.3 is 0 Å². The van der Waals surface area contributed by atoms with Gasteiger partial charge in [0.15, 0.2) is 0 Å². The van der Waals surface area contributed by atoms with Crippen LogP contribution in [0.5, 0.6) is 0 Å². The van der Waals surface area contributed by atoms with Gasteiger partial charge in [0.1, 0.15) is 5.82 Å². The van der Waals surface area contributed by atoms with E-state index in [9.17, 15) is 0 Å². The first-order chi connectivity index (χ1) is 9.36. The monoisotopic (exact) mass is 275 g/mol. The van der Waals surface area contributed by atoms with Crippen LogP contribution in [-0.2, 0) is 11.2 Å². The summed E-state index contributed by atoms with van der Waals surface area (Å²) >= 11 is 1.44. The zero-order chi connectivity index (χ0) is 13.1. The van der Waals surface area contributed by atoms with Gasteiger partial charge in [-0.1, -0.05) is 30.3 Å². The van der Waals surface area contributed by atoms with E-state index in [-0.39, 0.29) is 0 Å². The average Bonchev–Trinajstić information content (AvgIpc) is 3.07. The Morgan fingerprint density at radius 3 is 3.00 bits per heavy atom. The molecular formula is C14H17N3OS. The molecular weight excluding hydrogens is 258 g/mol. The number of hydrogen-bond acceptors (Lipinski definition) is 5. The predicted molar refractivity (Wildman–Crippen MR) is 76.7 cm³/mol. The minimum absolute atomic E-state index is 0.505. The summed E-state index contributed by atoms with van der Waals surface area (Å²) in [4.78, 5) is 4.47. The van der Waals surface area contributed by atoms with Crippen molar-refractivity contribution in [1.29, 1.82) is 0 Å². The molecule has 3 rings (SSSR count). The van der Waals surface area contributed by atoms with Gasteiger partial charge in [-0.2, -0.15) is 4.37 Å². The molecule has 0 aliphatic heterocycles. The highest BCUT2D eigenvalue weighted by Crippen LogP contribution is 2.42. The van der Waals surface area contributed by atoms with Crippen LogP contribution in [0, 0.1) is 0 Å². The van der Waals surface area contributed by atoms with Crippen LogP contribution in [0.15, 0.2) is 30.3 Å². The fraction of sp³-hybridized carbons (Fsp3) is 0.429. The summed E-state index contributed by atoms with van der Waals surface area (Å²) < 4.78 is 9.35. The first-order valence-electron chi connectivity index (χ1n) is 6.50. The molecule has 1 aliphatic carbocycles. The lowest BCUT2D eigenvalue weighted by Crippen LogP contribution is -2.04. The highest BCUT2D eigenvalue weighted by molar-refractivity contribution is 7.09. The Morgan fingerprint density at radius 2 is 2.21 bits per heavy atom. The van der Waals surface area contributed by atoms with E-state index in [4.69, 9.17) is 4.74 Å². The van der Waals surface area contributed by atoms with Gasteiger partial charge in [0.2, 0.25) is 5.13 Å². The lowest BCUT2D eigenvalue weighted by Gasteiger charge is -2.01. The topological polar surface area (TPSA) is 47.0 Å². The SMILES string of the molecule is COCCc1nsc(NC2CC2c2ccccc2)n1. The van der Waals surface area contributed by atoms with Gasteiger partial charge in [0.05, 0.1) is 6.61 Å². The number of nitrogens with zero attached hydrogens (tertiary/aromatic N) is 2. The molecule has 1 saturated carbocycles. The molecule has 1 heterocycles. The van der Waals surface area contributed by atoms with E-state index in [1.54, 1.807) is 7.11 Å². The van der Waals surface area contributed by atoms with Crippen LogP contribution in [0.2, 0.25) is 0 Å². The van der Waals surface area contributed by atoms with Crippen molar-refractivity contribution in [3.63, 3.8) is 0 Å². The Labute approximate surface area is 117 Å². The number of hydrogen-bond donors (Lipinski definition) is 1. The second-order valence-electron chi connectivity index (χ2n) is 4.76. The van der Waals surface area contributed by atoms with Crippen LogP contribution in [0.1, 0.15) is 23.7 Å². The van der Waals surface area contributed by atoms with Gasteiger partial charge in [0, 0.05) is 37.0 Å². The number of aromatic nitrogens is 2. The van der Waals surface area contributed by atoms with E-state index in [1.807, 2.05) is 0 Å². The first-order valence-corrected chi connectivity index (χ1v) is 7.27. The van der Waals surface area contributed by atoms with Crippen molar-refractivity contribution in [2.24, 2.45) is 0 Å². The van der Waals surface area contributed by atoms with Crippen molar-refractivity contribution in [3.05, 3.63) is 41.7 Å². The summed E-state index contributed by atoms with van der Waals surface area (Å²) in [6, 6.07) is 11.1. The maximum Gasteiger partial charge on any atom is 0.202 e. The van der Waals surface area contributed by atoms with Crippen molar-refractivity contribution in [2.45, 2.75) is 24.8 Å². The molecule has 100 valence electrons. The number of ether oxygens (including phenoxy) is 1. The van der Waals surface area contributed by atoms with E-state index in [2.05, 4.69) is 45.0 Å². The maximum atomic E-state index is 5.03. The van der Waals surface area contributed by atoms with Crippen LogP contribution in [0.4, 0.5) is 5.13 Å². The molecule has 0 radical (unpaired) electrons. The number of rotatable bonds is 6. The van der Waals surface area contributed by atoms with Crippen molar-refractivity contribution < 1.29 is 4.74 Å². The molecule has 0 saturated heterocycles. The van der Waals surface area contributed by atoms with Gasteiger partial charge in [-0.15, -0.1) is 0 Å². The summed E-state index contributed by atoms with van der Waals surface area (Å²) in [7, 11) is 1.69. The lowest BCUT2D eigenvalue weighted by atomic mass is 10.1. The highest BCUT2D eigenvalue weighted by Gasteiger charge is 2.38. The molecule has 1 aliphatic rings. The summed E-state index contributed by atoms with van der Waals surface area (Å²) in [6.07, 6.45) is 1.96. The van der Waals surface area contributed by atoms with Gasteiger partial charge in [-0.3, -0.25) is 0 Å². The highest BCUT2D eigenvalue weighted by atomic mass is 32.1. The fourth-order valence-corrected chi connectivity index (χ4v) is 2.86. The largest absolute Gasteiger partial charge is 0.384 e. The van der Waals surface area contributed by atoms with Crippen molar-refractivity contribution in [1.82, 2.24) is 9.36 Å². The van der Waals surface area contributed by atoms with Crippen molar-refractivity contribution in [3.8, 4) is 0 Å². The average molecular weight is 275 g/mol. The fourth-order valence-electron chi connectivity index (χ4n) is 2.19. The Bertz CT molecular complexity index is 528. The minimum atomic E-state index is 0.505. The van der Waals surface area contributed by atoms with Gasteiger partial charge < -0.3 is 10.1 Å². The molecule has 2 atom stereocenters. The molecule has 4 nitrogen and oxygen atoms in total. The molecule has 5 heteroatoms. The third kappa shape index (κ3) is 3.11. The molecule has 1 aromatic carbocycles. The quantitative estimate of drug-likeness (QED) is 0.880. The number of methoxy groups -OCH3 is 1. The van der Waals surface area contributed by atoms with Crippen LogP contribution >= 0.6 is 11.5 Å². The maximum absolute atomic E-state index is 5.03. The van der Waals surface area contributed by atoms with Gasteiger partial charge in [-0.05, 0) is 12.0 Å². The number of nitrogens with one attached hydrogen (secondary N) is 1. The molecule has 0 spiro atoms. The molecule has 0 amide bonds. The number of benzene rings is 1. The number of anilines is 1. The molecule has 1 aromatic heterocycles.